The number of carbonyl (C=O) groups excluding carboxylic acids is 1. The number of unbranched alkanes of at least 4 members (excludes halogenated alkanes) is 1. The molecule has 0 bridgehead atoms. The highest BCUT2D eigenvalue weighted by atomic mass is 16.2. The van der Waals surface area contributed by atoms with Crippen LogP contribution in [-0.4, -0.2) is 29.4 Å². The molecule has 0 fully saturated rings. The fraction of sp³-hybridized carbons (Fsp3) is 0.571. The first-order chi connectivity index (χ1) is 9.12. The molecule has 5 heteroatoms. The van der Waals surface area contributed by atoms with E-state index in [0.29, 0.717) is 11.4 Å². The third kappa shape index (κ3) is 4.52. The van der Waals surface area contributed by atoms with Crippen molar-refractivity contribution >= 4 is 11.7 Å². The number of anilines is 1. The van der Waals surface area contributed by atoms with E-state index >= 15 is 0 Å². The number of pyridine rings is 1. The molecule has 0 spiro atoms. The number of aromatic nitrogens is 1. The Labute approximate surface area is 115 Å². The van der Waals surface area contributed by atoms with Gasteiger partial charge in [-0.3, -0.25) is 4.79 Å². The Bertz CT molecular complexity index is 420. The minimum absolute atomic E-state index is 0.0182. The van der Waals surface area contributed by atoms with Crippen molar-refractivity contribution in [3.8, 4) is 0 Å². The predicted octanol–water partition coefficient (Wildman–Crippen LogP) is 2.19. The number of amides is 1. The molecular formula is C14H24N4O. The molecule has 0 aromatic carbocycles. The zero-order chi connectivity index (χ0) is 14.3. The van der Waals surface area contributed by atoms with Gasteiger partial charge in [-0.2, -0.15) is 0 Å². The van der Waals surface area contributed by atoms with Gasteiger partial charge in [0.15, 0.2) is 0 Å². The van der Waals surface area contributed by atoms with E-state index in [0.717, 1.165) is 37.9 Å². The molecule has 1 heterocycles. The highest BCUT2D eigenvalue weighted by molar-refractivity contribution is 5.94. The Balaban J connectivity index is 2.91. The molecule has 1 aromatic rings. The van der Waals surface area contributed by atoms with Crippen LogP contribution in [0.1, 0.15) is 49.2 Å². The fourth-order valence-corrected chi connectivity index (χ4v) is 1.89. The second-order valence-electron chi connectivity index (χ2n) is 4.71. The monoisotopic (exact) mass is 264 g/mol. The molecule has 0 atom stereocenters. The second-order valence-corrected chi connectivity index (χ2v) is 4.71. The van der Waals surface area contributed by atoms with Crippen molar-refractivity contribution in [1.82, 2.24) is 9.88 Å². The molecule has 0 unspecified atom stereocenters. The van der Waals surface area contributed by atoms with E-state index in [-0.39, 0.29) is 5.91 Å². The van der Waals surface area contributed by atoms with E-state index in [1.54, 1.807) is 11.0 Å². The molecule has 0 aliphatic heterocycles. The average Bonchev–Trinajstić information content (AvgIpc) is 2.43. The van der Waals surface area contributed by atoms with Crippen molar-refractivity contribution < 1.29 is 4.79 Å². The number of hydrazine groups is 1. The maximum Gasteiger partial charge on any atom is 0.253 e. The largest absolute Gasteiger partial charge is 0.342 e. The van der Waals surface area contributed by atoms with Crippen LogP contribution in [0.2, 0.25) is 0 Å². The smallest absolute Gasteiger partial charge is 0.253 e. The number of rotatable bonds is 7. The summed E-state index contributed by atoms with van der Waals surface area (Å²) in [5.74, 6) is 5.96. The maximum atomic E-state index is 12.3. The second kappa shape index (κ2) is 7.74. The first-order valence-corrected chi connectivity index (χ1v) is 6.85. The maximum absolute atomic E-state index is 12.3. The number of hydrogen-bond acceptors (Lipinski definition) is 4. The van der Waals surface area contributed by atoms with E-state index in [1.165, 1.54) is 0 Å². The zero-order valence-corrected chi connectivity index (χ0v) is 12.1. The van der Waals surface area contributed by atoms with Crippen LogP contribution in [0.3, 0.4) is 0 Å². The van der Waals surface area contributed by atoms with E-state index < -0.39 is 0 Å². The molecular weight excluding hydrogens is 240 g/mol. The molecule has 0 aliphatic rings. The lowest BCUT2D eigenvalue weighted by Crippen LogP contribution is -2.28. The Kier molecular flexibility index (Phi) is 6.29. The third-order valence-corrected chi connectivity index (χ3v) is 2.97. The van der Waals surface area contributed by atoms with Crippen LogP contribution in [0.25, 0.3) is 0 Å². The summed E-state index contributed by atoms with van der Waals surface area (Å²) in [7, 11) is 1.83. The van der Waals surface area contributed by atoms with Gasteiger partial charge in [-0.25, -0.2) is 10.8 Å². The highest BCUT2D eigenvalue weighted by Gasteiger charge is 2.13. The number of carbonyl (C=O) groups is 1. The molecule has 19 heavy (non-hydrogen) atoms. The SMILES string of the molecule is CCCCN(C)C(=O)c1cc(CCC)nc(NN)c1. The molecule has 1 amide bonds. The summed E-state index contributed by atoms with van der Waals surface area (Å²) in [4.78, 5) is 18.4. The van der Waals surface area contributed by atoms with Crippen molar-refractivity contribution in [2.75, 3.05) is 19.0 Å². The number of hydrogen-bond donors (Lipinski definition) is 2. The van der Waals surface area contributed by atoms with E-state index in [2.05, 4.69) is 24.3 Å². The molecule has 1 aromatic heterocycles. The van der Waals surface area contributed by atoms with Crippen LogP contribution in [-0.2, 0) is 6.42 Å². The Morgan fingerprint density at radius 3 is 2.68 bits per heavy atom. The van der Waals surface area contributed by atoms with Gasteiger partial charge in [0.2, 0.25) is 0 Å². The van der Waals surface area contributed by atoms with Gasteiger partial charge < -0.3 is 10.3 Å². The van der Waals surface area contributed by atoms with Gasteiger partial charge in [-0.1, -0.05) is 26.7 Å². The summed E-state index contributed by atoms with van der Waals surface area (Å²) in [5.41, 5.74) is 4.06. The predicted molar refractivity (Wildman–Crippen MR) is 77.9 cm³/mol. The number of nitrogens with two attached hydrogens (primary N) is 1. The molecule has 0 aliphatic carbocycles. The minimum Gasteiger partial charge on any atom is -0.342 e. The van der Waals surface area contributed by atoms with Crippen LogP contribution < -0.4 is 11.3 Å². The van der Waals surface area contributed by atoms with Crippen molar-refractivity contribution in [1.29, 1.82) is 0 Å². The first kappa shape index (κ1) is 15.4. The summed E-state index contributed by atoms with van der Waals surface area (Å²) in [6, 6.07) is 3.55. The summed E-state index contributed by atoms with van der Waals surface area (Å²) in [6.07, 6.45) is 3.91. The summed E-state index contributed by atoms with van der Waals surface area (Å²) >= 11 is 0. The molecule has 0 saturated carbocycles. The van der Waals surface area contributed by atoms with Gasteiger partial charge in [0, 0.05) is 24.8 Å². The molecule has 0 saturated heterocycles. The quantitative estimate of drug-likeness (QED) is 0.585. The first-order valence-electron chi connectivity index (χ1n) is 6.85. The standard InChI is InChI=1S/C14H24N4O/c1-4-6-8-18(3)14(19)11-9-12(7-5-2)16-13(10-11)17-15/h9-10H,4-8,15H2,1-3H3,(H,16,17). The molecule has 3 N–H and O–H groups in total. The minimum atomic E-state index is 0.0182. The van der Waals surface area contributed by atoms with Gasteiger partial charge in [0.1, 0.15) is 5.82 Å². The van der Waals surface area contributed by atoms with Gasteiger partial charge in [0.25, 0.3) is 5.91 Å². The fourth-order valence-electron chi connectivity index (χ4n) is 1.89. The lowest BCUT2D eigenvalue weighted by Gasteiger charge is -2.17. The van der Waals surface area contributed by atoms with E-state index in [1.807, 2.05) is 13.1 Å². The zero-order valence-electron chi connectivity index (χ0n) is 12.1. The average molecular weight is 264 g/mol. The van der Waals surface area contributed by atoms with Crippen molar-refractivity contribution in [3.63, 3.8) is 0 Å². The Morgan fingerprint density at radius 2 is 2.11 bits per heavy atom. The van der Waals surface area contributed by atoms with Gasteiger partial charge >= 0.3 is 0 Å². The summed E-state index contributed by atoms with van der Waals surface area (Å²) < 4.78 is 0. The van der Waals surface area contributed by atoms with Crippen molar-refractivity contribution in [2.45, 2.75) is 39.5 Å². The van der Waals surface area contributed by atoms with Gasteiger partial charge in [0.05, 0.1) is 0 Å². The van der Waals surface area contributed by atoms with Crippen molar-refractivity contribution in [3.05, 3.63) is 23.4 Å². The van der Waals surface area contributed by atoms with Crippen LogP contribution in [0.15, 0.2) is 12.1 Å². The number of nitrogens with zero attached hydrogens (tertiary/aromatic N) is 2. The molecule has 5 nitrogen and oxygen atoms in total. The van der Waals surface area contributed by atoms with E-state index in [9.17, 15) is 4.79 Å². The lowest BCUT2D eigenvalue weighted by atomic mass is 10.1. The third-order valence-electron chi connectivity index (χ3n) is 2.97. The highest BCUT2D eigenvalue weighted by Crippen LogP contribution is 2.13. The normalized spacial score (nSPS) is 10.3. The molecule has 0 radical (unpaired) electrons. The summed E-state index contributed by atoms with van der Waals surface area (Å²) in [6.45, 7) is 4.96. The van der Waals surface area contributed by atoms with Crippen molar-refractivity contribution in [2.24, 2.45) is 5.84 Å². The summed E-state index contributed by atoms with van der Waals surface area (Å²) in [5, 5.41) is 0. The lowest BCUT2D eigenvalue weighted by molar-refractivity contribution is 0.0793. The van der Waals surface area contributed by atoms with E-state index in [4.69, 9.17) is 5.84 Å². The van der Waals surface area contributed by atoms with Crippen LogP contribution in [0.5, 0.6) is 0 Å². The Hall–Kier alpha value is -1.62. The number of aryl methyl sites for hydroxylation is 1. The van der Waals surface area contributed by atoms with Crippen LogP contribution >= 0.6 is 0 Å². The topological polar surface area (TPSA) is 71.2 Å². The molecule has 106 valence electrons. The van der Waals surface area contributed by atoms with Gasteiger partial charge in [-0.05, 0) is 25.0 Å². The molecule has 1 rings (SSSR count). The van der Waals surface area contributed by atoms with Crippen LogP contribution in [0, 0.1) is 0 Å². The number of nitrogens with one attached hydrogen (secondary N) is 1. The van der Waals surface area contributed by atoms with Crippen LogP contribution in [0.4, 0.5) is 5.82 Å². The van der Waals surface area contributed by atoms with Gasteiger partial charge in [-0.15, -0.1) is 0 Å². The number of nitrogen functional groups attached to an aromatic ring is 1. The Morgan fingerprint density at radius 1 is 1.37 bits per heavy atom.